The summed E-state index contributed by atoms with van der Waals surface area (Å²) in [7, 11) is -3.68. The van der Waals surface area contributed by atoms with Gasteiger partial charge in [0.2, 0.25) is 5.91 Å². The van der Waals surface area contributed by atoms with Crippen LogP contribution in [0, 0.1) is 6.92 Å². The molecule has 0 aliphatic carbocycles. The van der Waals surface area contributed by atoms with Crippen molar-refractivity contribution in [1.82, 2.24) is 4.98 Å². The lowest BCUT2D eigenvalue weighted by molar-refractivity contribution is -0.118. The summed E-state index contributed by atoms with van der Waals surface area (Å²) in [6.07, 6.45) is 2.59. The summed E-state index contributed by atoms with van der Waals surface area (Å²) in [6, 6.07) is 4.88. The first-order chi connectivity index (χ1) is 10.9. The highest BCUT2D eigenvalue weighted by Gasteiger charge is 2.25. The van der Waals surface area contributed by atoms with Gasteiger partial charge in [-0.2, -0.15) is 0 Å². The number of rotatable bonds is 4. The van der Waals surface area contributed by atoms with Crippen molar-refractivity contribution in [3.05, 3.63) is 34.8 Å². The van der Waals surface area contributed by atoms with Crippen molar-refractivity contribution < 1.29 is 13.2 Å². The summed E-state index contributed by atoms with van der Waals surface area (Å²) < 4.78 is 27.5. The zero-order valence-electron chi connectivity index (χ0n) is 12.9. The normalized spacial score (nSPS) is 14.7. The van der Waals surface area contributed by atoms with Crippen LogP contribution in [0.3, 0.4) is 0 Å². The van der Waals surface area contributed by atoms with Crippen molar-refractivity contribution in [2.24, 2.45) is 0 Å². The third-order valence-corrected chi connectivity index (χ3v) is 6.01. The molecule has 0 spiro atoms. The number of anilines is 2. The lowest BCUT2D eigenvalue weighted by Gasteiger charge is -2.28. The average Bonchev–Trinajstić information content (AvgIpc) is 2.91. The third kappa shape index (κ3) is 3.09. The number of aryl methyl sites for hydroxylation is 2. The fourth-order valence-electron chi connectivity index (χ4n) is 2.63. The van der Waals surface area contributed by atoms with E-state index in [0.717, 1.165) is 16.1 Å². The first kappa shape index (κ1) is 15.9. The topological polar surface area (TPSA) is 79.4 Å². The van der Waals surface area contributed by atoms with Gasteiger partial charge in [-0.15, -0.1) is 11.3 Å². The predicted molar refractivity (Wildman–Crippen MR) is 90.4 cm³/mol. The molecule has 2 heterocycles. The maximum absolute atomic E-state index is 12.5. The lowest BCUT2D eigenvalue weighted by Crippen LogP contribution is -2.34. The summed E-state index contributed by atoms with van der Waals surface area (Å²) in [4.78, 5) is 18.7. The van der Waals surface area contributed by atoms with Crippen molar-refractivity contribution in [2.75, 3.05) is 16.2 Å². The summed E-state index contributed by atoms with van der Waals surface area (Å²) in [5.41, 5.74) is 1.68. The molecule has 0 unspecified atom stereocenters. The van der Waals surface area contributed by atoms with Crippen molar-refractivity contribution in [3.63, 3.8) is 0 Å². The van der Waals surface area contributed by atoms with E-state index in [2.05, 4.69) is 9.71 Å². The van der Waals surface area contributed by atoms with Gasteiger partial charge < -0.3 is 4.90 Å². The Balaban J connectivity index is 1.93. The van der Waals surface area contributed by atoms with Crippen LogP contribution in [0.25, 0.3) is 0 Å². The van der Waals surface area contributed by atoms with Gasteiger partial charge in [0.1, 0.15) is 0 Å². The van der Waals surface area contributed by atoms with E-state index >= 15 is 0 Å². The molecule has 0 atom stereocenters. The molecule has 1 aromatic heterocycles. The van der Waals surface area contributed by atoms with E-state index in [4.69, 9.17) is 0 Å². The number of carbonyl (C=O) groups is 1. The Morgan fingerprint density at radius 2 is 2.13 bits per heavy atom. The monoisotopic (exact) mass is 351 g/mol. The Labute approximate surface area is 139 Å². The summed E-state index contributed by atoms with van der Waals surface area (Å²) >= 11 is 1.29. The molecule has 122 valence electrons. The van der Waals surface area contributed by atoms with E-state index in [1.165, 1.54) is 17.4 Å². The second-order valence-corrected chi connectivity index (χ2v) is 8.23. The van der Waals surface area contributed by atoms with E-state index in [0.29, 0.717) is 24.5 Å². The molecular weight excluding hydrogens is 334 g/mol. The van der Waals surface area contributed by atoms with Crippen LogP contribution < -0.4 is 9.62 Å². The molecule has 0 fully saturated rings. The first-order valence-corrected chi connectivity index (χ1v) is 9.59. The molecule has 1 aliphatic heterocycles. The van der Waals surface area contributed by atoms with Gasteiger partial charge in [-0.3, -0.25) is 9.52 Å². The fraction of sp³-hybridized carbons (Fsp3) is 0.333. The van der Waals surface area contributed by atoms with Crippen molar-refractivity contribution in [2.45, 2.75) is 31.6 Å². The molecule has 1 amide bonds. The van der Waals surface area contributed by atoms with E-state index in [1.54, 1.807) is 23.2 Å². The molecular formula is C15H17N3O3S2. The van der Waals surface area contributed by atoms with Gasteiger partial charge in [0.25, 0.3) is 10.0 Å². The molecule has 0 saturated heterocycles. The number of nitrogens with zero attached hydrogens (tertiary/aromatic N) is 2. The first-order valence-electron chi connectivity index (χ1n) is 7.29. The number of carbonyl (C=O) groups excluding carboxylic acids is 1. The summed E-state index contributed by atoms with van der Waals surface area (Å²) in [6.45, 7) is 4.35. The molecule has 0 saturated carbocycles. The van der Waals surface area contributed by atoms with Crippen molar-refractivity contribution >= 4 is 38.1 Å². The zero-order valence-corrected chi connectivity index (χ0v) is 14.5. The molecule has 2 aromatic rings. The number of hydrogen-bond acceptors (Lipinski definition) is 5. The number of nitrogens with one attached hydrogen (secondary N) is 1. The standard InChI is InChI=1S/C15H17N3O3S2/c1-3-18-13-6-5-12(8-11(13)4-7-14(18)19)23(20,21)17-15-16-9-10(2)22-15/h5-6,8-9H,3-4,7H2,1-2H3,(H,16,17). The molecule has 1 N–H and O–H groups in total. The lowest BCUT2D eigenvalue weighted by atomic mass is 10.0. The van der Waals surface area contributed by atoms with E-state index < -0.39 is 10.0 Å². The van der Waals surface area contributed by atoms with Crippen LogP contribution in [0.2, 0.25) is 0 Å². The maximum Gasteiger partial charge on any atom is 0.263 e. The van der Waals surface area contributed by atoms with E-state index in [1.807, 2.05) is 13.8 Å². The number of thiazole rings is 1. The SMILES string of the molecule is CCN1C(=O)CCc2cc(S(=O)(=O)Nc3ncc(C)s3)ccc21. The largest absolute Gasteiger partial charge is 0.312 e. The maximum atomic E-state index is 12.5. The van der Waals surface area contributed by atoms with Crippen LogP contribution in [-0.4, -0.2) is 25.9 Å². The minimum Gasteiger partial charge on any atom is -0.312 e. The van der Waals surface area contributed by atoms with Gasteiger partial charge >= 0.3 is 0 Å². The molecule has 1 aromatic carbocycles. The minimum absolute atomic E-state index is 0.0759. The van der Waals surface area contributed by atoms with Crippen LogP contribution in [0.4, 0.5) is 10.8 Å². The Bertz CT molecular complexity index is 859. The number of hydrogen-bond donors (Lipinski definition) is 1. The Kier molecular flexibility index (Phi) is 4.11. The van der Waals surface area contributed by atoms with E-state index in [-0.39, 0.29) is 10.8 Å². The van der Waals surface area contributed by atoms with Crippen molar-refractivity contribution in [3.8, 4) is 0 Å². The molecule has 6 nitrogen and oxygen atoms in total. The fourth-order valence-corrected chi connectivity index (χ4v) is 4.58. The van der Waals surface area contributed by atoms with Gasteiger partial charge in [-0.25, -0.2) is 13.4 Å². The second kappa shape index (κ2) is 5.93. The smallest absolute Gasteiger partial charge is 0.263 e. The minimum atomic E-state index is -3.68. The molecule has 8 heteroatoms. The van der Waals surface area contributed by atoms with Crippen LogP contribution in [0.15, 0.2) is 29.3 Å². The number of amides is 1. The highest BCUT2D eigenvalue weighted by atomic mass is 32.2. The van der Waals surface area contributed by atoms with Crippen LogP contribution in [0.5, 0.6) is 0 Å². The van der Waals surface area contributed by atoms with Gasteiger partial charge in [0, 0.05) is 29.7 Å². The molecule has 3 rings (SSSR count). The van der Waals surface area contributed by atoms with Gasteiger partial charge in [0.15, 0.2) is 5.13 Å². The van der Waals surface area contributed by atoms with E-state index in [9.17, 15) is 13.2 Å². The van der Waals surface area contributed by atoms with Crippen molar-refractivity contribution in [1.29, 1.82) is 0 Å². The van der Waals surface area contributed by atoms with Crippen LogP contribution >= 0.6 is 11.3 Å². The average molecular weight is 351 g/mol. The highest BCUT2D eigenvalue weighted by Crippen LogP contribution is 2.30. The molecule has 23 heavy (non-hydrogen) atoms. The number of sulfonamides is 1. The number of benzene rings is 1. The summed E-state index contributed by atoms with van der Waals surface area (Å²) in [5, 5.41) is 0.352. The number of aromatic nitrogens is 1. The zero-order chi connectivity index (χ0) is 16.6. The summed E-state index contributed by atoms with van der Waals surface area (Å²) in [5.74, 6) is 0.0759. The Hall–Kier alpha value is -1.93. The predicted octanol–water partition coefficient (Wildman–Crippen LogP) is 2.55. The third-order valence-electron chi connectivity index (χ3n) is 3.72. The quantitative estimate of drug-likeness (QED) is 0.918. The highest BCUT2D eigenvalue weighted by molar-refractivity contribution is 7.93. The number of fused-ring (bicyclic) bond motifs is 1. The Morgan fingerprint density at radius 1 is 1.35 bits per heavy atom. The van der Waals surface area contributed by atoms with Crippen LogP contribution in [0.1, 0.15) is 23.8 Å². The van der Waals surface area contributed by atoms with Gasteiger partial charge in [0.05, 0.1) is 4.90 Å². The second-order valence-electron chi connectivity index (χ2n) is 5.31. The molecule has 1 aliphatic rings. The van der Waals surface area contributed by atoms with Gasteiger partial charge in [-0.05, 0) is 44.0 Å². The molecule has 0 radical (unpaired) electrons. The molecule has 0 bridgehead atoms. The Morgan fingerprint density at radius 3 is 2.78 bits per heavy atom. The van der Waals surface area contributed by atoms with Crippen LogP contribution in [-0.2, 0) is 21.2 Å². The van der Waals surface area contributed by atoms with Gasteiger partial charge in [-0.1, -0.05) is 0 Å².